The van der Waals surface area contributed by atoms with Crippen LogP contribution in [0.3, 0.4) is 0 Å². The monoisotopic (exact) mass is 156 g/mol. The van der Waals surface area contributed by atoms with Crippen LogP contribution in [0.5, 0.6) is 0 Å². The first-order chi connectivity index (χ1) is 5.16. The van der Waals surface area contributed by atoms with Gasteiger partial charge in [0.1, 0.15) is 0 Å². The van der Waals surface area contributed by atoms with Crippen LogP contribution >= 0.6 is 0 Å². The Morgan fingerprint density at radius 1 is 1.36 bits per heavy atom. The van der Waals surface area contributed by atoms with Crippen LogP contribution in [0, 0.1) is 5.92 Å². The van der Waals surface area contributed by atoms with E-state index in [-0.39, 0.29) is 0 Å². The van der Waals surface area contributed by atoms with E-state index in [0.717, 1.165) is 12.8 Å². The van der Waals surface area contributed by atoms with Crippen molar-refractivity contribution in [2.24, 2.45) is 5.92 Å². The Balaban J connectivity index is 3.43. The second-order valence-electron chi connectivity index (χ2n) is 3.36. The molecular weight excluding hydrogens is 136 g/mol. The molecule has 1 nitrogen and oxygen atoms in total. The van der Waals surface area contributed by atoms with Crippen molar-refractivity contribution in [2.45, 2.75) is 46.5 Å². The normalized spacial score (nSPS) is 12.5. The van der Waals surface area contributed by atoms with Gasteiger partial charge in [0, 0.05) is 6.42 Å². The first-order valence-electron chi connectivity index (χ1n) is 4.56. The molecule has 0 heterocycles. The van der Waals surface area contributed by atoms with Crippen molar-refractivity contribution in [3.8, 4) is 0 Å². The highest BCUT2D eigenvalue weighted by Gasteiger charge is 1.94. The third-order valence-corrected chi connectivity index (χ3v) is 1.56. The van der Waals surface area contributed by atoms with Crippen LogP contribution < -0.4 is 0 Å². The number of hydrogen-bond donors (Lipinski definition) is 1. The Bertz CT molecular complexity index is 114. The van der Waals surface area contributed by atoms with Crippen molar-refractivity contribution in [1.82, 2.24) is 0 Å². The minimum absolute atomic E-state index is 0.469. The Hall–Kier alpha value is -0.460. The highest BCUT2D eigenvalue weighted by molar-refractivity contribution is 4.92. The van der Waals surface area contributed by atoms with Crippen molar-refractivity contribution in [2.75, 3.05) is 0 Å². The number of aliphatic hydroxyl groups is 1. The molecule has 0 aliphatic carbocycles. The van der Waals surface area contributed by atoms with E-state index in [1.54, 1.807) is 0 Å². The SMILES string of the molecule is CCCCCC(O)=CC(C)C. The smallest absolute Gasteiger partial charge is 0.0885 e. The number of allylic oxidation sites excluding steroid dienone is 2. The maximum Gasteiger partial charge on any atom is 0.0885 e. The maximum absolute atomic E-state index is 9.31. The molecule has 1 N–H and O–H groups in total. The molecule has 0 amide bonds. The summed E-state index contributed by atoms with van der Waals surface area (Å²) in [6.45, 7) is 6.33. The van der Waals surface area contributed by atoms with Gasteiger partial charge in [-0.05, 0) is 18.4 Å². The highest BCUT2D eigenvalue weighted by atomic mass is 16.3. The summed E-state index contributed by atoms with van der Waals surface area (Å²) in [7, 11) is 0. The van der Waals surface area contributed by atoms with E-state index < -0.39 is 0 Å². The van der Waals surface area contributed by atoms with Crippen LogP contribution in [0.15, 0.2) is 11.8 Å². The fourth-order valence-electron chi connectivity index (χ4n) is 1.02. The zero-order valence-corrected chi connectivity index (χ0v) is 7.93. The average Bonchev–Trinajstić information content (AvgIpc) is 1.86. The van der Waals surface area contributed by atoms with E-state index in [9.17, 15) is 5.11 Å². The molecule has 11 heavy (non-hydrogen) atoms. The summed E-state index contributed by atoms with van der Waals surface area (Å²) in [6, 6.07) is 0. The van der Waals surface area contributed by atoms with Gasteiger partial charge in [-0.1, -0.05) is 33.6 Å². The van der Waals surface area contributed by atoms with Gasteiger partial charge < -0.3 is 5.11 Å². The molecule has 0 atom stereocenters. The molecule has 0 unspecified atom stereocenters. The van der Waals surface area contributed by atoms with E-state index in [0.29, 0.717) is 11.7 Å². The first kappa shape index (κ1) is 10.5. The predicted octanol–water partition coefficient (Wildman–Crippen LogP) is 3.66. The van der Waals surface area contributed by atoms with E-state index in [2.05, 4.69) is 20.8 Å². The van der Waals surface area contributed by atoms with Gasteiger partial charge >= 0.3 is 0 Å². The topological polar surface area (TPSA) is 20.2 Å². The quantitative estimate of drug-likeness (QED) is 0.475. The zero-order chi connectivity index (χ0) is 8.69. The molecule has 0 aromatic heterocycles. The molecule has 0 aromatic rings. The molecule has 66 valence electrons. The predicted molar refractivity (Wildman–Crippen MR) is 49.7 cm³/mol. The molecule has 1 heteroatoms. The van der Waals surface area contributed by atoms with Gasteiger partial charge in [-0.2, -0.15) is 0 Å². The lowest BCUT2D eigenvalue weighted by atomic mass is 10.1. The molecular formula is C10H20O. The van der Waals surface area contributed by atoms with Crippen molar-refractivity contribution in [1.29, 1.82) is 0 Å². The highest BCUT2D eigenvalue weighted by Crippen LogP contribution is 2.08. The fraction of sp³-hybridized carbons (Fsp3) is 0.800. The Morgan fingerprint density at radius 3 is 2.45 bits per heavy atom. The summed E-state index contributed by atoms with van der Waals surface area (Å²) in [5, 5.41) is 9.31. The van der Waals surface area contributed by atoms with Gasteiger partial charge in [0.05, 0.1) is 5.76 Å². The molecule has 0 bridgehead atoms. The zero-order valence-electron chi connectivity index (χ0n) is 7.93. The van der Waals surface area contributed by atoms with Gasteiger partial charge in [0.25, 0.3) is 0 Å². The van der Waals surface area contributed by atoms with Crippen molar-refractivity contribution < 1.29 is 5.11 Å². The summed E-state index contributed by atoms with van der Waals surface area (Å²) in [6.07, 6.45) is 6.33. The number of rotatable bonds is 5. The second kappa shape index (κ2) is 6.26. The largest absolute Gasteiger partial charge is 0.513 e. The van der Waals surface area contributed by atoms with E-state index in [4.69, 9.17) is 0 Å². The molecule has 0 radical (unpaired) electrons. The lowest BCUT2D eigenvalue weighted by molar-refractivity contribution is 0.375. The van der Waals surface area contributed by atoms with Crippen LogP contribution in [-0.4, -0.2) is 5.11 Å². The lowest BCUT2D eigenvalue weighted by Crippen LogP contribution is -1.87. The van der Waals surface area contributed by atoms with Crippen LogP contribution in [0.25, 0.3) is 0 Å². The molecule has 0 fully saturated rings. The van der Waals surface area contributed by atoms with Crippen LogP contribution in [-0.2, 0) is 0 Å². The van der Waals surface area contributed by atoms with E-state index in [1.807, 2.05) is 6.08 Å². The summed E-state index contributed by atoms with van der Waals surface area (Å²) in [5.41, 5.74) is 0. The third-order valence-electron chi connectivity index (χ3n) is 1.56. The van der Waals surface area contributed by atoms with Gasteiger partial charge in [-0.25, -0.2) is 0 Å². The number of hydrogen-bond acceptors (Lipinski definition) is 1. The second-order valence-corrected chi connectivity index (χ2v) is 3.36. The summed E-state index contributed by atoms with van der Waals surface area (Å²) < 4.78 is 0. The summed E-state index contributed by atoms with van der Waals surface area (Å²) in [4.78, 5) is 0. The van der Waals surface area contributed by atoms with Gasteiger partial charge in [-0.3, -0.25) is 0 Å². The number of unbranched alkanes of at least 4 members (excludes halogenated alkanes) is 2. The fourth-order valence-corrected chi connectivity index (χ4v) is 1.02. The number of aliphatic hydroxyl groups excluding tert-OH is 1. The van der Waals surface area contributed by atoms with E-state index in [1.165, 1.54) is 12.8 Å². The van der Waals surface area contributed by atoms with Gasteiger partial charge in [0.2, 0.25) is 0 Å². The average molecular weight is 156 g/mol. The molecule has 0 spiro atoms. The maximum atomic E-state index is 9.31. The van der Waals surface area contributed by atoms with Crippen molar-refractivity contribution in [3.05, 3.63) is 11.8 Å². The molecule has 0 saturated heterocycles. The van der Waals surface area contributed by atoms with Crippen molar-refractivity contribution in [3.63, 3.8) is 0 Å². The minimum atomic E-state index is 0.469. The third kappa shape index (κ3) is 7.44. The van der Waals surface area contributed by atoms with Gasteiger partial charge in [-0.15, -0.1) is 0 Å². The van der Waals surface area contributed by atoms with E-state index >= 15 is 0 Å². The molecule has 0 aliphatic heterocycles. The molecule has 0 aromatic carbocycles. The Morgan fingerprint density at radius 2 is 2.00 bits per heavy atom. The Labute approximate surface area is 70.1 Å². The lowest BCUT2D eigenvalue weighted by Gasteiger charge is -2.00. The van der Waals surface area contributed by atoms with Crippen molar-refractivity contribution >= 4 is 0 Å². The summed E-state index contributed by atoms with van der Waals surface area (Å²) in [5.74, 6) is 1.03. The van der Waals surface area contributed by atoms with Crippen LogP contribution in [0.2, 0.25) is 0 Å². The Kier molecular flexibility index (Phi) is 6.00. The molecule has 0 rings (SSSR count). The molecule has 0 saturated carbocycles. The minimum Gasteiger partial charge on any atom is -0.513 e. The molecule has 0 aliphatic rings. The van der Waals surface area contributed by atoms with Crippen LogP contribution in [0.4, 0.5) is 0 Å². The summed E-state index contributed by atoms with van der Waals surface area (Å²) >= 11 is 0. The van der Waals surface area contributed by atoms with Crippen LogP contribution in [0.1, 0.15) is 46.5 Å². The standard InChI is InChI=1S/C10H20O/c1-4-5-6-7-10(11)8-9(2)3/h8-9,11H,4-7H2,1-3H3. The first-order valence-corrected chi connectivity index (χ1v) is 4.56. The van der Waals surface area contributed by atoms with Gasteiger partial charge in [0.15, 0.2) is 0 Å².